The fourth-order valence-electron chi connectivity index (χ4n) is 1.74. The number of rotatable bonds is 10. The molecular formula is C13H30BNS2. The van der Waals surface area contributed by atoms with Gasteiger partial charge in [0.25, 0.3) is 0 Å². The van der Waals surface area contributed by atoms with Crippen molar-refractivity contribution < 1.29 is 0 Å². The topological polar surface area (TPSA) is 12.0 Å². The molecule has 0 amide bonds. The predicted octanol–water partition coefficient (Wildman–Crippen LogP) is 4.35. The van der Waals surface area contributed by atoms with Crippen molar-refractivity contribution in [2.45, 2.75) is 70.7 Å². The summed E-state index contributed by atoms with van der Waals surface area (Å²) in [5.41, 5.74) is 0.488. The quantitative estimate of drug-likeness (QED) is 0.361. The first-order valence-electron chi connectivity index (χ1n) is 6.82. The molecule has 0 aromatic heterocycles. The summed E-state index contributed by atoms with van der Waals surface area (Å²) in [5.74, 6) is 0. The van der Waals surface area contributed by atoms with Crippen LogP contribution in [0.5, 0.6) is 0 Å². The van der Waals surface area contributed by atoms with E-state index in [1.807, 2.05) is 23.7 Å². The van der Waals surface area contributed by atoms with Gasteiger partial charge in [-0.2, -0.15) is 11.8 Å². The minimum absolute atomic E-state index is 0.488. The summed E-state index contributed by atoms with van der Waals surface area (Å²) in [5, 5.41) is 1.51. The van der Waals surface area contributed by atoms with Crippen molar-refractivity contribution in [1.82, 2.24) is 4.63 Å². The Kier molecular flexibility index (Phi) is 10.0. The van der Waals surface area contributed by atoms with Crippen molar-refractivity contribution in [2.24, 2.45) is 5.41 Å². The summed E-state index contributed by atoms with van der Waals surface area (Å²) in [7, 11) is 1.15. The lowest BCUT2D eigenvalue weighted by atomic mass is 9.85. The smallest absolute Gasteiger partial charge is 0.213 e. The molecule has 17 heavy (non-hydrogen) atoms. The minimum Gasteiger partial charge on any atom is -0.306 e. The zero-order valence-electron chi connectivity index (χ0n) is 12.5. The van der Waals surface area contributed by atoms with Crippen LogP contribution in [0.25, 0.3) is 0 Å². The Bertz CT molecular complexity index is 188. The van der Waals surface area contributed by atoms with Gasteiger partial charge in [-0.1, -0.05) is 59.3 Å². The number of hydrogen-bond acceptors (Lipinski definition) is 3. The third kappa shape index (κ3) is 10.3. The van der Waals surface area contributed by atoms with Crippen molar-refractivity contribution in [3.8, 4) is 0 Å². The third-order valence-corrected chi connectivity index (χ3v) is 5.35. The van der Waals surface area contributed by atoms with Gasteiger partial charge in [0.1, 0.15) is 0 Å². The molecule has 0 aliphatic heterocycles. The van der Waals surface area contributed by atoms with Gasteiger partial charge in [0.15, 0.2) is 0 Å². The molecule has 0 saturated carbocycles. The molecule has 0 saturated heterocycles. The Morgan fingerprint density at radius 3 is 2.41 bits per heavy atom. The summed E-state index contributed by atoms with van der Waals surface area (Å²) < 4.78 is 3.52. The highest BCUT2D eigenvalue weighted by Crippen LogP contribution is 2.29. The third-order valence-electron chi connectivity index (χ3n) is 3.37. The lowest BCUT2D eigenvalue weighted by Gasteiger charge is -2.26. The van der Waals surface area contributed by atoms with Gasteiger partial charge in [-0.3, -0.25) is 0 Å². The van der Waals surface area contributed by atoms with Crippen LogP contribution in [0, 0.1) is 5.41 Å². The fourth-order valence-corrected chi connectivity index (χ4v) is 3.23. The van der Waals surface area contributed by atoms with E-state index in [4.69, 9.17) is 0 Å². The van der Waals surface area contributed by atoms with Gasteiger partial charge in [-0.25, -0.2) is 0 Å². The van der Waals surface area contributed by atoms with Crippen LogP contribution in [0.1, 0.15) is 53.9 Å². The second-order valence-corrected chi connectivity index (χ2v) is 8.34. The molecule has 0 aromatic carbocycles. The van der Waals surface area contributed by atoms with E-state index in [1.165, 1.54) is 25.6 Å². The van der Waals surface area contributed by atoms with Crippen molar-refractivity contribution >= 4 is 31.1 Å². The van der Waals surface area contributed by atoms with Gasteiger partial charge in [0.2, 0.25) is 7.41 Å². The molecule has 0 aliphatic rings. The van der Waals surface area contributed by atoms with E-state index in [9.17, 15) is 0 Å². The SMILES string of the molecule is CCC(C)(C)CC(C)SNBCCC(C)SC. The van der Waals surface area contributed by atoms with Crippen LogP contribution in [0.3, 0.4) is 0 Å². The molecule has 0 spiro atoms. The molecule has 1 N–H and O–H groups in total. The van der Waals surface area contributed by atoms with E-state index < -0.39 is 0 Å². The van der Waals surface area contributed by atoms with Crippen molar-refractivity contribution in [1.29, 1.82) is 0 Å². The van der Waals surface area contributed by atoms with Crippen LogP contribution < -0.4 is 4.63 Å². The second kappa shape index (κ2) is 9.63. The minimum atomic E-state index is 0.488. The van der Waals surface area contributed by atoms with Gasteiger partial charge in [0.05, 0.1) is 0 Å². The Morgan fingerprint density at radius 2 is 1.88 bits per heavy atom. The van der Waals surface area contributed by atoms with E-state index in [0.29, 0.717) is 10.7 Å². The maximum Gasteiger partial charge on any atom is 0.213 e. The number of nitrogens with one attached hydrogen (secondary N) is 1. The number of thioether (sulfide) groups is 1. The first kappa shape index (κ1) is 17.7. The molecule has 4 heteroatoms. The molecule has 0 heterocycles. The molecule has 0 fully saturated rings. The zero-order valence-corrected chi connectivity index (χ0v) is 14.1. The lowest BCUT2D eigenvalue weighted by Crippen LogP contribution is -2.20. The highest BCUT2D eigenvalue weighted by Gasteiger charge is 2.18. The van der Waals surface area contributed by atoms with Crippen LogP contribution in [-0.2, 0) is 0 Å². The highest BCUT2D eigenvalue weighted by molar-refractivity contribution is 7.99. The molecule has 0 rings (SSSR count). The predicted molar refractivity (Wildman–Crippen MR) is 88.4 cm³/mol. The molecule has 0 radical (unpaired) electrons. The molecule has 1 nitrogen and oxygen atoms in total. The van der Waals surface area contributed by atoms with Gasteiger partial charge in [-0.05, 0) is 24.5 Å². The van der Waals surface area contributed by atoms with E-state index in [1.54, 1.807) is 0 Å². The van der Waals surface area contributed by atoms with Gasteiger partial charge < -0.3 is 4.63 Å². The Hall–Kier alpha value is 0.725. The van der Waals surface area contributed by atoms with Crippen LogP contribution in [-0.4, -0.2) is 24.2 Å². The summed E-state index contributed by atoms with van der Waals surface area (Å²) >= 11 is 3.89. The molecule has 0 aliphatic carbocycles. The average molecular weight is 275 g/mol. The Labute approximate surface area is 118 Å². The summed E-state index contributed by atoms with van der Waals surface area (Å²) in [4.78, 5) is 0. The van der Waals surface area contributed by atoms with E-state index in [2.05, 4.69) is 45.5 Å². The Balaban J connectivity index is 3.49. The van der Waals surface area contributed by atoms with Gasteiger partial charge in [-0.15, -0.1) is 0 Å². The molecule has 102 valence electrons. The normalized spacial score (nSPS) is 15.6. The van der Waals surface area contributed by atoms with E-state index in [0.717, 1.165) is 12.7 Å². The van der Waals surface area contributed by atoms with E-state index in [-0.39, 0.29) is 0 Å². The summed E-state index contributed by atoms with van der Waals surface area (Å²) in [6, 6.07) is 0. The van der Waals surface area contributed by atoms with E-state index >= 15 is 0 Å². The summed E-state index contributed by atoms with van der Waals surface area (Å²) in [6.45, 7) is 11.7. The first-order chi connectivity index (χ1) is 7.91. The maximum absolute atomic E-state index is 3.52. The zero-order chi connectivity index (χ0) is 13.3. The van der Waals surface area contributed by atoms with Crippen LogP contribution in [0.2, 0.25) is 6.32 Å². The van der Waals surface area contributed by atoms with Crippen molar-refractivity contribution in [3.05, 3.63) is 0 Å². The van der Waals surface area contributed by atoms with Crippen LogP contribution in [0.15, 0.2) is 0 Å². The first-order valence-corrected chi connectivity index (χ1v) is 8.99. The molecular weight excluding hydrogens is 245 g/mol. The maximum atomic E-state index is 3.52. The molecule has 2 atom stereocenters. The second-order valence-electron chi connectivity index (χ2n) is 5.73. The Morgan fingerprint density at radius 1 is 1.24 bits per heavy atom. The molecule has 2 unspecified atom stereocenters. The summed E-state index contributed by atoms with van der Waals surface area (Å²) in [6.07, 6.45) is 7.37. The molecule has 0 aromatic rings. The molecule has 0 bridgehead atoms. The lowest BCUT2D eigenvalue weighted by molar-refractivity contribution is 0.323. The van der Waals surface area contributed by atoms with Gasteiger partial charge in [0, 0.05) is 10.5 Å². The van der Waals surface area contributed by atoms with Crippen molar-refractivity contribution in [2.75, 3.05) is 6.26 Å². The van der Waals surface area contributed by atoms with Crippen molar-refractivity contribution in [3.63, 3.8) is 0 Å². The average Bonchev–Trinajstić information content (AvgIpc) is 2.27. The number of hydrogen-bond donors (Lipinski definition) is 1. The fraction of sp³-hybridized carbons (Fsp3) is 1.00. The monoisotopic (exact) mass is 275 g/mol. The van der Waals surface area contributed by atoms with Crippen LogP contribution >= 0.6 is 23.7 Å². The van der Waals surface area contributed by atoms with Crippen LogP contribution in [0.4, 0.5) is 0 Å². The highest BCUT2D eigenvalue weighted by atomic mass is 32.2. The largest absolute Gasteiger partial charge is 0.306 e. The van der Waals surface area contributed by atoms with Gasteiger partial charge >= 0.3 is 0 Å². The standard InChI is InChI=1S/C13H30BNS2/c1-7-13(4,5)10-12(3)17-15-14-9-8-11(2)16-6/h11-12,14-15H,7-10H2,1-6H3.